The Morgan fingerprint density at radius 2 is 1.78 bits per heavy atom. The fourth-order valence-electron chi connectivity index (χ4n) is 1.39. The Hall–Kier alpha value is -0.590. The number of hydrogen-bond donors (Lipinski definition) is 1. The van der Waals surface area contributed by atoms with Crippen molar-refractivity contribution in [1.82, 2.24) is 4.98 Å². The van der Waals surface area contributed by atoms with Crippen molar-refractivity contribution >= 4 is 53.5 Å². The number of hydrogen-bond acceptors (Lipinski definition) is 3. The number of halogens is 3. The summed E-state index contributed by atoms with van der Waals surface area (Å²) in [5, 5.41) is 0. The van der Waals surface area contributed by atoms with E-state index in [0.29, 0.717) is 12.3 Å². The lowest BCUT2D eigenvalue weighted by atomic mass is 10.3. The molecule has 18 heavy (non-hydrogen) atoms. The van der Waals surface area contributed by atoms with E-state index in [1.165, 1.54) is 0 Å². The first kappa shape index (κ1) is 13.8. The van der Waals surface area contributed by atoms with Gasteiger partial charge in [0.05, 0.1) is 14.6 Å². The van der Waals surface area contributed by atoms with Crippen LogP contribution >= 0.6 is 47.8 Å². The number of nitrogen functional groups attached to an aromatic ring is 1. The van der Waals surface area contributed by atoms with Gasteiger partial charge in [-0.25, -0.2) is 0 Å². The van der Waals surface area contributed by atoms with E-state index < -0.39 is 0 Å². The maximum Gasteiger partial charge on any atom is 0.148 e. The number of ether oxygens (including phenoxy) is 1. The van der Waals surface area contributed by atoms with E-state index in [4.69, 9.17) is 10.5 Å². The van der Waals surface area contributed by atoms with E-state index in [0.717, 1.165) is 24.9 Å². The Kier molecular flexibility index (Phi) is 4.64. The maximum absolute atomic E-state index is 5.73. The molecule has 2 rings (SSSR count). The molecule has 0 aliphatic heterocycles. The number of nitrogens with zero attached hydrogens (tertiary/aromatic N) is 1. The van der Waals surface area contributed by atoms with Crippen molar-refractivity contribution in [3.63, 3.8) is 0 Å². The van der Waals surface area contributed by atoms with E-state index >= 15 is 0 Å². The molecule has 0 unspecified atom stereocenters. The van der Waals surface area contributed by atoms with Gasteiger partial charge in [-0.3, -0.25) is 4.98 Å². The van der Waals surface area contributed by atoms with Crippen molar-refractivity contribution in [2.45, 2.75) is 6.61 Å². The molecule has 0 aliphatic rings. The largest absolute Gasteiger partial charge is 0.485 e. The van der Waals surface area contributed by atoms with Gasteiger partial charge in [0.15, 0.2) is 0 Å². The van der Waals surface area contributed by atoms with E-state index in [9.17, 15) is 0 Å². The van der Waals surface area contributed by atoms with Crippen molar-refractivity contribution in [3.05, 3.63) is 49.6 Å². The summed E-state index contributed by atoms with van der Waals surface area (Å²) in [6.45, 7) is 0.365. The predicted molar refractivity (Wildman–Crippen MR) is 82.5 cm³/mol. The van der Waals surface area contributed by atoms with Gasteiger partial charge < -0.3 is 10.5 Å². The van der Waals surface area contributed by atoms with Gasteiger partial charge in [-0.1, -0.05) is 15.9 Å². The van der Waals surface area contributed by atoms with Crippen LogP contribution in [0, 0.1) is 0 Å². The Morgan fingerprint density at radius 3 is 2.39 bits per heavy atom. The third-order valence-corrected chi connectivity index (χ3v) is 3.80. The Labute approximate surface area is 130 Å². The molecule has 3 nitrogen and oxygen atoms in total. The van der Waals surface area contributed by atoms with Crippen LogP contribution in [0.3, 0.4) is 0 Å². The first-order chi connectivity index (χ1) is 8.56. The first-order valence-electron chi connectivity index (χ1n) is 5.04. The van der Waals surface area contributed by atoms with E-state index in [2.05, 4.69) is 52.8 Å². The van der Waals surface area contributed by atoms with Crippen LogP contribution in [0.4, 0.5) is 5.69 Å². The molecule has 0 saturated carbocycles. The van der Waals surface area contributed by atoms with Gasteiger partial charge in [-0.05, 0) is 56.1 Å². The molecule has 1 aromatic carbocycles. The second kappa shape index (κ2) is 6.04. The zero-order valence-corrected chi connectivity index (χ0v) is 13.9. The van der Waals surface area contributed by atoms with Crippen LogP contribution in [0.15, 0.2) is 43.9 Å². The van der Waals surface area contributed by atoms with Gasteiger partial charge >= 0.3 is 0 Å². The van der Waals surface area contributed by atoms with Crippen LogP contribution in [-0.4, -0.2) is 4.98 Å². The molecule has 0 spiro atoms. The smallest absolute Gasteiger partial charge is 0.148 e. The standard InChI is InChI=1S/C12H9Br3N2O/c13-7-3-10(14)12(11(15)4-7)18-6-9-5-8(16)1-2-17-9/h1-5H,6H2,(H2,16,17). The van der Waals surface area contributed by atoms with Crippen LogP contribution in [0.25, 0.3) is 0 Å². The lowest BCUT2D eigenvalue weighted by molar-refractivity contribution is 0.297. The first-order valence-corrected chi connectivity index (χ1v) is 7.42. The van der Waals surface area contributed by atoms with Gasteiger partial charge in [0.1, 0.15) is 12.4 Å². The fourth-order valence-corrected chi connectivity index (χ4v) is 3.88. The Balaban J connectivity index is 2.16. The molecule has 1 heterocycles. The monoisotopic (exact) mass is 434 g/mol. The minimum atomic E-state index is 0.365. The molecule has 0 bridgehead atoms. The van der Waals surface area contributed by atoms with Gasteiger partial charge in [0.2, 0.25) is 0 Å². The van der Waals surface area contributed by atoms with E-state index in [1.54, 1.807) is 18.3 Å². The zero-order valence-electron chi connectivity index (χ0n) is 9.16. The van der Waals surface area contributed by atoms with Crippen molar-refractivity contribution in [2.24, 2.45) is 0 Å². The number of rotatable bonds is 3. The molecular formula is C12H9Br3N2O. The summed E-state index contributed by atoms with van der Waals surface area (Å²) >= 11 is 10.3. The minimum absolute atomic E-state index is 0.365. The average molecular weight is 437 g/mol. The quantitative estimate of drug-likeness (QED) is 0.769. The highest BCUT2D eigenvalue weighted by Crippen LogP contribution is 2.36. The summed E-state index contributed by atoms with van der Waals surface area (Å²) < 4.78 is 8.44. The van der Waals surface area contributed by atoms with Crippen molar-refractivity contribution in [2.75, 3.05) is 5.73 Å². The molecule has 94 valence electrons. The third kappa shape index (κ3) is 3.46. The van der Waals surface area contributed by atoms with Gasteiger partial charge in [-0.2, -0.15) is 0 Å². The molecular weight excluding hydrogens is 428 g/mol. The van der Waals surface area contributed by atoms with Gasteiger partial charge in [0, 0.05) is 16.4 Å². The summed E-state index contributed by atoms with van der Waals surface area (Å²) in [6.07, 6.45) is 1.67. The van der Waals surface area contributed by atoms with Crippen LogP contribution in [0.5, 0.6) is 5.75 Å². The zero-order chi connectivity index (χ0) is 13.1. The SMILES string of the molecule is Nc1ccnc(COc2c(Br)cc(Br)cc2Br)c1. The minimum Gasteiger partial charge on any atom is -0.485 e. The third-order valence-electron chi connectivity index (χ3n) is 2.17. The topological polar surface area (TPSA) is 48.1 Å². The second-order valence-corrected chi connectivity index (χ2v) is 6.19. The molecule has 1 aromatic heterocycles. The molecule has 0 saturated heterocycles. The Morgan fingerprint density at radius 1 is 1.11 bits per heavy atom. The average Bonchev–Trinajstić information content (AvgIpc) is 2.27. The van der Waals surface area contributed by atoms with E-state index in [-0.39, 0.29) is 0 Å². The number of aromatic nitrogens is 1. The lowest BCUT2D eigenvalue weighted by Crippen LogP contribution is -2.00. The fraction of sp³-hybridized carbons (Fsp3) is 0.0833. The molecule has 0 fully saturated rings. The highest BCUT2D eigenvalue weighted by atomic mass is 79.9. The number of benzene rings is 1. The molecule has 0 radical (unpaired) electrons. The van der Waals surface area contributed by atoms with E-state index in [1.807, 2.05) is 12.1 Å². The molecule has 0 amide bonds. The highest BCUT2D eigenvalue weighted by Gasteiger charge is 2.08. The van der Waals surface area contributed by atoms with Crippen molar-refractivity contribution in [3.8, 4) is 5.75 Å². The lowest BCUT2D eigenvalue weighted by Gasteiger charge is -2.10. The van der Waals surface area contributed by atoms with Crippen molar-refractivity contribution < 1.29 is 4.74 Å². The summed E-state index contributed by atoms with van der Waals surface area (Å²) in [6, 6.07) is 7.38. The second-order valence-electron chi connectivity index (χ2n) is 3.57. The number of pyridine rings is 1. The summed E-state index contributed by atoms with van der Waals surface area (Å²) in [5.74, 6) is 0.738. The van der Waals surface area contributed by atoms with Gasteiger partial charge in [0.25, 0.3) is 0 Å². The van der Waals surface area contributed by atoms with Crippen LogP contribution in [0.2, 0.25) is 0 Å². The number of anilines is 1. The summed E-state index contributed by atoms with van der Waals surface area (Å²) in [5.41, 5.74) is 7.15. The van der Waals surface area contributed by atoms with Crippen molar-refractivity contribution in [1.29, 1.82) is 0 Å². The highest BCUT2D eigenvalue weighted by molar-refractivity contribution is 9.11. The Bertz CT molecular complexity index is 552. The van der Waals surface area contributed by atoms with Crippen LogP contribution < -0.4 is 10.5 Å². The molecule has 2 N–H and O–H groups in total. The summed E-state index contributed by atoms with van der Waals surface area (Å²) in [4.78, 5) is 4.19. The van der Waals surface area contributed by atoms with Crippen LogP contribution in [-0.2, 0) is 6.61 Å². The normalized spacial score (nSPS) is 10.4. The number of nitrogens with two attached hydrogens (primary N) is 1. The van der Waals surface area contributed by atoms with Crippen LogP contribution in [0.1, 0.15) is 5.69 Å². The molecule has 6 heteroatoms. The summed E-state index contributed by atoms with van der Waals surface area (Å²) in [7, 11) is 0. The maximum atomic E-state index is 5.73. The molecule has 0 aliphatic carbocycles. The molecule has 2 aromatic rings. The predicted octanol–water partition coefficient (Wildman–Crippen LogP) is 4.53. The molecule has 0 atom stereocenters. The van der Waals surface area contributed by atoms with Gasteiger partial charge in [-0.15, -0.1) is 0 Å².